The topological polar surface area (TPSA) is 92.4 Å². The number of nitrogens with one attached hydrogen (secondary N) is 1. The van der Waals surface area contributed by atoms with Crippen LogP contribution in [0.2, 0.25) is 5.02 Å². The first-order chi connectivity index (χ1) is 9.47. The maximum absolute atomic E-state index is 12.0. The van der Waals surface area contributed by atoms with Crippen molar-refractivity contribution in [2.24, 2.45) is 0 Å². The van der Waals surface area contributed by atoms with E-state index in [1.807, 2.05) is 0 Å². The fraction of sp³-hybridized carbons (Fsp3) is 0. The van der Waals surface area contributed by atoms with Crippen molar-refractivity contribution in [3.63, 3.8) is 0 Å². The summed E-state index contributed by atoms with van der Waals surface area (Å²) in [5.74, 6) is -1.60. The van der Waals surface area contributed by atoms with Gasteiger partial charge < -0.3 is 16.2 Å². The van der Waals surface area contributed by atoms with Gasteiger partial charge in [-0.25, -0.2) is 4.79 Å². The maximum atomic E-state index is 12.0. The number of benzene rings is 2. The van der Waals surface area contributed by atoms with E-state index in [0.29, 0.717) is 16.3 Å². The third-order valence-corrected chi connectivity index (χ3v) is 2.84. The SMILES string of the molecule is Nc1cccc(C(=O)Nc2cc(Cl)ccc2C(=O)O)c1. The maximum Gasteiger partial charge on any atom is 0.337 e. The van der Waals surface area contributed by atoms with Gasteiger partial charge in [-0.3, -0.25) is 4.79 Å². The van der Waals surface area contributed by atoms with E-state index in [1.54, 1.807) is 18.2 Å². The van der Waals surface area contributed by atoms with Crippen LogP contribution in [0.4, 0.5) is 11.4 Å². The van der Waals surface area contributed by atoms with Crippen LogP contribution in [0, 0.1) is 0 Å². The number of carbonyl (C=O) groups excluding carboxylic acids is 1. The van der Waals surface area contributed by atoms with Crippen LogP contribution in [-0.2, 0) is 0 Å². The highest BCUT2D eigenvalue weighted by Gasteiger charge is 2.14. The van der Waals surface area contributed by atoms with Gasteiger partial charge in [0.05, 0.1) is 11.3 Å². The molecule has 102 valence electrons. The average molecular weight is 291 g/mol. The van der Waals surface area contributed by atoms with Gasteiger partial charge in [0.1, 0.15) is 0 Å². The highest BCUT2D eigenvalue weighted by Crippen LogP contribution is 2.22. The Balaban J connectivity index is 2.32. The van der Waals surface area contributed by atoms with Crippen LogP contribution in [-0.4, -0.2) is 17.0 Å². The molecule has 5 nitrogen and oxygen atoms in total. The fourth-order valence-electron chi connectivity index (χ4n) is 1.68. The van der Waals surface area contributed by atoms with E-state index in [1.165, 1.54) is 24.3 Å². The van der Waals surface area contributed by atoms with Gasteiger partial charge in [-0.05, 0) is 36.4 Å². The Hall–Kier alpha value is -2.53. The quantitative estimate of drug-likeness (QED) is 0.758. The van der Waals surface area contributed by atoms with E-state index >= 15 is 0 Å². The van der Waals surface area contributed by atoms with E-state index in [9.17, 15) is 9.59 Å². The van der Waals surface area contributed by atoms with E-state index in [2.05, 4.69) is 5.32 Å². The summed E-state index contributed by atoms with van der Waals surface area (Å²) in [4.78, 5) is 23.1. The third kappa shape index (κ3) is 3.07. The molecule has 0 heterocycles. The summed E-state index contributed by atoms with van der Waals surface area (Å²) in [7, 11) is 0. The average Bonchev–Trinajstić information content (AvgIpc) is 2.38. The molecule has 1 amide bonds. The molecule has 0 unspecified atom stereocenters. The Morgan fingerprint density at radius 1 is 1.15 bits per heavy atom. The highest BCUT2D eigenvalue weighted by molar-refractivity contribution is 6.31. The summed E-state index contributed by atoms with van der Waals surface area (Å²) in [5, 5.41) is 11.9. The minimum absolute atomic E-state index is 0.0355. The van der Waals surface area contributed by atoms with Crippen LogP contribution in [0.15, 0.2) is 42.5 Å². The van der Waals surface area contributed by atoms with Gasteiger partial charge in [-0.15, -0.1) is 0 Å². The number of hydrogen-bond donors (Lipinski definition) is 3. The van der Waals surface area contributed by atoms with Gasteiger partial charge in [0.2, 0.25) is 0 Å². The molecule has 2 rings (SSSR count). The molecular weight excluding hydrogens is 280 g/mol. The van der Waals surface area contributed by atoms with Gasteiger partial charge in [0.15, 0.2) is 0 Å². The second-order valence-electron chi connectivity index (χ2n) is 4.07. The van der Waals surface area contributed by atoms with Crippen molar-refractivity contribution in [1.82, 2.24) is 0 Å². The number of amides is 1. The molecule has 0 spiro atoms. The van der Waals surface area contributed by atoms with Crippen molar-refractivity contribution in [2.45, 2.75) is 0 Å². The van der Waals surface area contributed by atoms with E-state index < -0.39 is 11.9 Å². The van der Waals surface area contributed by atoms with Crippen LogP contribution in [0.5, 0.6) is 0 Å². The molecule has 0 saturated carbocycles. The van der Waals surface area contributed by atoms with Gasteiger partial charge in [-0.2, -0.15) is 0 Å². The van der Waals surface area contributed by atoms with Crippen molar-refractivity contribution in [3.05, 3.63) is 58.6 Å². The Morgan fingerprint density at radius 2 is 1.90 bits per heavy atom. The summed E-state index contributed by atoms with van der Waals surface area (Å²) >= 11 is 5.81. The molecule has 6 heteroatoms. The first-order valence-electron chi connectivity index (χ1n) is 5.67. The summed E-state index contributed by atoms with van der Waals surface area (Å²) in [6.45, 7) is 0. The Morgan fingerprint density at radius 3 is 2.55 bits per heavy atom. The van der Waals surface area contributed by atoms with E-state index in [4.69, 9.17) is 22.4 Å². The number of anilines is 2. The fourth-order valence-corrected chi connectivity index (χ4v) is 1.85. The number of halogens is 1. The largest absolute Gasteiger partial charge is 0.478 e. The second kappa shape index (κ2) is 5.63. The molecule has 4 N–H and O–H groups in total. The summed E-state index contributed by atoms with van der Waals surface area (Å²) in [6.07, 6.45) is 0. The lowest BCUT2D eigenvalue weighted by atomic mass is 10.1. The highest BCUT2D eigenvalue weighted by atomic mass is 35.5. The Labute approximate surface area is 120 Å². The van der Waals surface area contributed by atoms with E-state index in [-0.39, 0.29) is 11.3 Å². The lowest BCUT2D eigenvalue weighted by Crippen LogP contribution is -2.15. The Kier molecular flexibility index (Phi) is 3.91. The normalized spacial score (nSPS) is 10.1. The van der Waals surface area contributed by atoms with Gasteiger partial charge in [-0.1, -0.05) is 17.7 Å². The first kappa shape index (κ1) is 13.9. The zero-order valence-electron chi connectivity index (χ0n) is 10.3. The summed E-state index contributed by atoms with van der Waals surface area (Å²) < 4.78 is 0. The van der Waals surface area contributed by atoms with Crippen LogP contribution in [0.3, 0.4) is 0 Å². The predicted octanol–water partition coefficient (Wildman–Crippen LogP) is 2.87. The summed E-state index contributed by atoms with van der Waals surface area (Å²) in [6, 6.07) is 10.5. The minimum Gasteiger partial charge on any atom is -0.478 e. The van der Waals surface area contributed by atoms with Crippen molar-refractivity contribution in [1.29, 1.82) is 0 Å². The van der Waals surface area contributed by atoms with Crippen LogP contribution in [0.1, 0.15) is 20.7 Å². The lowest BCUT2D eigenvalue weighted by Gasteiger charge is -2.09. The number of hydrogen-bond acceptors (Lipinski definition) is 3. The molecule has 0 aromatic heterocycles. The minimum atomic E-state index is -1.15. The molecule has 0 saturated heterocycles. The van der Waals surface area contributed by atoms with Gasteiger partial charge in [0, 0.05) is 16.3 Å². The van der Waals surface area contributed by atoms with Crippen molar-refractivity contribution >= 4 is 34.9 Å². The molecule has 20 heavy (non-hydrogen) atoms. The zero-order chi connectivity index (χ0) is 14.7. The van der Waals surface area contributed by atoms with Crippen LogP contribution < -0.4 is 11.1 Å². The number of carbonyl (C=O) groups is 2. The molecule has 2 aromatic carbocycles. The predicted molar refractivity (Wildman–Crippen MR) is 77.2 cm³/mol. The lowest BCUT2D eigenvalue weighted by molar-refractivity contribution is 0.0698. The molecule has 0 aliphatic heterocycles. The van der Waals surface area contributed by atoms with Crippen molar-refractivity contribution in [3.8, 4) is 0 Å². The number of nitrogens with two attached hydrogens (primary N) is 1. The molecule has 0 aliphatic carbocycles. The third-order valence-electron chi connectivity index (χ3n) is 2.61. The molecule has 2 aromatic rings. The number of rotatable bonds is 3. The number of carboxylic acid groups (broad SMARTS) is 1. The van der Waals surface area contributed by atoms with Crippen molar-refractivity contribution < 1.29 is 14.7 Å². The summed E-state index contributed by atoms with van der Waals surface area (Å²) in [5.41, 5.74) is 6.48. The first-order valence-corrected chi connectivity index (χ1v) is 6.05. The van der Waals surface area contributed by atoms with Crippen LogP contribution in [0.25, 0.3) is 0 Å². The zero-order valence-corrected chi connectivity index (χ0v) is 11.0. The van der Waals surface area contributed by atoms with Gasteiger partial charge in [0.25, 0.3) is 5.91 Å². The van der Waals surface area contributed by atoms with Crippen LogP contribution >= 0.6 is 11.6 Å². The smallest absolute Gasteiger partial charge is 0.337 e. The molecule has 0 fully saturated rings. The second-order valence-corrected chi connectivity index (χ2v) is 4.51. The Bertz CT molecular complexity index is 686. The number of carboxylic acids is 1. The van der Waals surface area contributed by atoms with E-state index in [0.717, 1.165) is 0 Å². The number of aromatic carboxylic acids is 1. The molecular formula is C14H11ClN2O3. The monoisotopic (exact) mass is 290 g/mol. The van der Waals surface area contributed by atoms with Gasteiger partial charge >= 0.3 is 5.97 Å². The standard InChI is InChI=1S/C14H11ClN2O3/c15-9-4-5-11(14(19)20)12(7-9)17-13(18)8-2-1-3-10(16)6-8/h1-7H,16H2,(H,17,18)(H,19,20). The molecule has 0 aliphatic rings. The molecule has 0 atom stereocenters. The molecule has 0 bridgehead atoms. The van der Waals surface area contributed by atoms with Crippen molar-refractivity contribution in [2.75, 3.05) is 11.1 Å². The molecule has 0 radical (unpaired) electrons. The number of nitrogen functional groups attached to an aromatic ring is 1.